The van der Waals surface area contributed by atoms with Crippen LogP contribution in [0.2, 0.25) is 0 Å². The van der Waals surface area contributed by atoms with E-state index >= 15 is 0 Å². The number of aryl methyl sites for hydroxylation is 2. The number of rotatable bonds is 4. The highest BCUT2D eigenvalue weighted by Gasteiger charge is 2.08. The maximum Gasteiger partial charge on any atom is 0.141 e. The maximum atomic E-state index is 13.0. The molecule has 0 aromatic heterocycles. The molecule has 0 saturated carbocycles. The van der Waals surface area contributed by atoms with Gasteiger partial charge in [0.25, 0.3) is 0 Å². The Kier molecular flexibility index (Phi) is 4.10. The summed E-state index contributed by atoms with van der Waals surface area (Å²) in [6, 6.07) is 12.5. The molecule has 98 valence electrons. The van der Waals surface area contributed by atoms with Gasteiger partial charge in [-0.05, 0) is 42.7 Å². The lowest BCUT2D eigenvalue weighted by molar-refractivity contribution is -0.117. The van der Waals surface area contributed by atoms with Crippen molar-refractivity contribution in [1.82, 2.24) is 0 Å². The molecule has 2 heteroatoms. The van der Waals surface area contributed by atoms with Crippen molar-refractivity contribution >= 4 is 5.78 Å². The molecule has 0 atom stereocenters. The highest BCUT2D eigenvalue weighted by atomic mass is 19.1. The van der Waals surface area contributed by atoms with Crippen molar-refractivity contribution in [3.05, 3.63) is 70.5 Å². The summed E-state index contributed by atoms with van der Waals surface area (Å²) in [7, 11) is 0. The van der Waals surface area contributed by atoms with E-state index in [4.69, 9.17) is 0 Å². The fourth-order valence-electron chi connectivity index (χ4n) is 2.18. The number of halogens is 1. The monoisotopic (exact) mass is 256 g/mol. The molecule has 1 nitrogen and oxygen atoms in total. The molecule has 2 aromatic carbocycles. The van der Waals surface area contributed by atoms with E-state index in [1.54, 1.807) is 6.07 Å². The van der Waals surface area contributed by atoms with E-state index in [9.17, 15) is 9.18 Å². The summed E-state index contributed by atoms with van der Waals surface area (Å²) in [5.41, 5.74) is 3.92. The van der Waals surface area contributed by atoms with Crippen LogP contribution in [-0.4, -0.2) is 5.78 Å². The summed E-state index contributed by atoms with van der Waals surface area (Å²) in [5, 5.41) is 0. The summed E-state index contributed by atoms with van der Waals surface area (Å²) >= 11 is 0. The molecular formula is C17H17FO. The Balaban J connectivity index is 2.05. The van der Waals surface area contributed by atoms with Gasteiger partial charge in [0, 0.05) is 12.8 Å². The molecule has 0 fully saturated rings. The number of ketones is 1. The Hall–Kier alpha value is -1.96. The van der Waals surface area contributed by atoms with Crippen LogP contribution in [0, 0.1) is 19.7 Å². The third-order valence-electron chi connectivity index (χ3n) is 3.18. The molecule has 0 aliphatic heterocycles. The molecule has 2 aromatic rings. The molecular weight excluding hydrogens is 239 g/mol. The van der Waals surface area contributed by atoms with Crippen LogP contribution in [0.25, 0.3) is 0 Å². The van der Waals surface area contributed by atoms with Gasteiger partial charge in [-0.25, -0.2) is 4.39 Å². The van der Waals surface area contributed by atoms with Gasteiger partial charge in [-0.15, -0.1) is 0 Å². The fraction of sp³-hybridized carbons (Fsp3) is 0.235. The number of hydrogen-bond acceptors (Lipinski definition) is 1. The first-order chi connectivity index (χ1) is 9.04. The van der Waals surface area contributed by atoms with Crippen molar-refractivity contribution in [3.8, 4) is 0 Å². The molecule has 0 unspecified atom stereocenters. The molecule has 0 radical (unpaired) electrons. The zero-order valence-electron chi connectivity index (χ0n) is 11.2. The third-order valence-corrected chi connectivity index (χ3v) is 3.18. The van der Waals surface area contributed by atoms with Crippen LogP contribution in [0.1, 0.15) is 22.3 Å². The van der Waals surface area contributed by atoms with E-state index < -0.39 is 0 Å². The van der Waals surface area contributed by atoms with Gasteiger partial charge in [0.05, 0.1) is 0 Å². The van der Waals surface area contributed by atoms with Gasteiger partial charge in [0.1, 0.15) is 11.6 Å². The van der Waals surface area contributed by atoms with Gasteiger partial charge in [-0.2, -0.15) is 0 Å². The van der Waals surface area contributed by atoms with Gasteiger partial charge in [-0.3, -0.25) is 4.79 Å². The average molecular weight is 256 g/mol. The van der Waals surface area contributed by atoms with Crippen molar-refractivity contribution in [3.63, 3.8) is 0 Å². The molecule has 2 rings (SSSR count). The van der Waals surface area contributed by atoms with E-state index in [2.05, 4.69) is 0 Å². The predicted octanol–water partition coefficient (Wildman–Crippen LogP) is 3.80. The number of Topliss-reactive ketones (excluding diaryl/α,β-unsaturated/α-hetero) is 1. The van der Waals surface area contributed by atoms with Crippen molar-refractivity contribution in [2.24, 2.45) is 0 Å². The largest absolute Gasteiger partial charge is 0.299 e. The van der Waals surface area contributed by atoms with E-state index in [0.717, 1.165) is 22.3 Å². The second-order valence-corrected chi connectivity index (χ2v) is 4.95. The maximum absolute atomic E-state index is 13.0. The normalized spacial score (nSPS) is 10.5. The predicted molar refractivity (Wildman–Crippen MR) is 74.7 cm³/mol. The molecule has 0 aliphatic rings. The Labute approximate surface area is 113 Å². The second-order valence-electron chi connectivity index (χ2n) is 4.95. The molecule has 19 heavy (non-hydrogen) atoms. The van der Waals surface area contributed by atoms with Crippen LogP contribution in [-0.2, 0) is 17.6 Å². The zero-order valence-corrected chi connectivity index (χ0v) is 11.2. The van der Waals surface area contributed by atoms with Crippen LogP contribution < -0.4 is 0 Å². The Bertz CT molecular complexity index is 602. The Morgan fingerprint density at radius 2 is 1.84 bits per heavy atom. The van der Waals surface area contributed by atoms with Gasteiger partial charge in [0.15, 0.2) is 0 Å². The van der Waals surface area contributed by atoms with E-state index in [-0.39, 0.29) is 11.6 Å². The molecule has 0 aliphatic carbocycles. The fourth-order valence-corrected chi connectivity index (χ4v) is 2.18. The first-order valence-electron chi connectivity index (χ1n) is 6.37. The number of carbonyl (C=O) groups is 1. The molecule has 0 N–H and O–H groups in total. The zero-order chi connectivity index (χ0) is 13.8. The molecule has 0 bridgehead atoms. The summed E-state index contributed by atoms with van der Waals surface area (Å²) in [6.45, 7) is 3.84. The number of benzene rings is 2. The third kappa shape index (κ3) is 3.75. The first-order valence-corrected chi connectivity index (χ1v) is 6.37. The highest BCUT2D eigenvalue weighted by Crippen LogP contribution is 2.13. The topological polar surface area (TPSA) is 17.1 Å². The molecule has 0 spiro atoms. The molecule has 0 amide bonds. The van der Waals surface area contributed by atoms with Crippen molar-refractivity contribution in [2.45, 2.75) is 26.7 Å². The Morgan fingerprint density at radius 1 is 1.05 bits per heavy atom. The summed E-state index contributed by atoms with van der Waals surface area (Å²) in [6.07, 6.45) is 0.790. The van der Waals surface area contributed by atoms with Crippen LogP contribution in [0.15, 0.2) is 42.5 Å². The molecule has 0 saturated heterocycles. The van der Waals surface area contributed by atoms with Gasteiger partial charge >= 0.3 is 0 Å². The van der Waals surface area contributed by atoms with Gasteiger partial charge < -0.3 is 0 Å². The minimum atomic E-state index is -0.257. The lowest BCUT2D eigenvalue weighted by Crippen LogP contribution is -2.08. The van der Waals surface area contributed by atoms with E-state index in [1.807, 2.05) is 38.1 Å². The average Bonchev–Trinajstić information content (AvgIpc) is 2.33. The van der Waals surface area contributed by atoms with Crippen molar-refractivity contribution < 1.29 is 9.18 Å². The summed E-state index contributed by atoms with van der Waals surface area (Å²) in [5.74, 6) is -0.104. The SMILES string of the molecule is Cc1cccc(CC(=O)Cc2ccc(F)cc2C)c1. The Morgan fingerprint density at radius 3 is 2.53 bits per heavy atom. The van der Waals surface area contributed by atoms with E-state index in [0.29, 0.717) is 12.8 Å². The second kappa shape index (κ2) is 5.79. The highest BCUT2D eigenvalue weighted by molar-refractivity contribution is 5.83. The van der Waals surface area contributed by atoms with Crippen LogP contribution in [0.3, 0.4) is 0 Å². The lowest BCUT2D eigenvalue weighted by Gasteiger charge is -2.06. The summed E-state index contributed by atoms with van der Waals surface area (Å²) in [4.78, 5) is 12.0. The smallest absolute Gasteiger partial charge is 0.141 e. The number of carbonyl (C=O) groups excluding carboxylic acids is 1. The van der Waals surface area contributed by atoms with E-state index in [1.165, 1.54) is 12.1 Å². The number of hydrogen-bond donors (Lipinski definition) is 0. The standard InChI is InChI=1S/C17H17FO/c1-12-4-3-5-14(8-12)10-17(19)11-15-6-7-16(18)9-13(15)2/h3-9H,10-11H2,1-2H3. The van der Waals surface area contributed by atoms with Gasteiger partial charge in [-0.1, -0.05) is 35.9 Å². The quantitative estimate of drug-likeness (QED) is 0.813. The van der Waals surface area contributed by atoms with Crippen LogP contribution in [0.4, 0.5) is 4.39 Å². The minimum absolute atomic E-state index is 0.153. The van der Waals surface area contributed by atoms with Crippen LogP contribution in [0.5, 0.6) is 0 Å². The lowest BCUT2D eigenvalue weighted by atomic mass is 9.99. The minimum Gasteiger partial charge on any atom is -0.299 e. The molecule has 0 heterocycles. The summed E-state index contributed by atoms with van der Waals surface area (Å²) < 4.78 is 13.0. The van der Waals surface area contributed by atoms with Crippen LogP contribution >= 0.6 is 0 Å². The van der Waals surface area contributed by atoms with Gasteiger partial charge in [0.2, 0.25) is 0 Å². The first kappa shape index (κ1) is 13.5. The van der Waals surface area contributed by atoms with Crippen molar-refractivity contribution in [2.75, 3.05) is 0 Å². The van der Waals surface area contributed by atoms with Crippen molar-refractivity contribution in [1.29, 1.82) is 0 Å².